The maximum absolute atomic E-state index is 11.9. The summed E-state index contributed by atoms with van der Waals surface area (Å²) < 4.78 is 4.98. The molecule has 104 valence electrons. The van der Waals surface area contributed by atoms with Crippen molar-refractivity contribution in [3.05, 3.63) is 46.7 Å². The second-order valence-electron chi connectivity index (χ2n) is 3.88. The van der Waals surface area contributed by atoms with Gasteiger partial charge in [0, 0.05) is 12.3 Å². The molecule has 7 heteroatoms. The molecule has 1 amide bonds. The number of amides is 1. The van der Waals surface area contributed by atoms with Crippen LogP contribution in [-0.2, 0) is 0 Å². The second-order valence-corrected chi connectivity index (χ2v) is 4.28. The Bertz CT molecular complexity index is 653. The Morgan fingerprint density at radius 2 is 2.15 bits per heavy atom. The predicted molar refractivity (Wildman–Crippen MR) is 73.7 cm³/mol. The highest BCUT2D eigenvalue weighted by atomic mass is 35.5. The van der Waals surface area contributed by atoms with Crippen LogP contribution < -0.4 is 10.1 Å². The molecular weight excluding hydrogens is 284 g/mol. The fourth-order valence-corrected chi connectivity index (χ4v) is 1.86. The molecule has 2 rings (SSSR count). The maximum atomic E-state index is 11.9. The molecule has 0 bridgehead atoms. The molecule has 0 aliphatic heterocycles. The third kappa shape index (κ3) is 2.75. The number of carbonyl (C=O) groups is 2. The fraction of sp³-hybridized carbons (Fsp3) is 0.0769. The number of carbonyl (C=O) groups excluding carboxylic acids is 1. The number of hydrogen-bond acceptors (Lipinski definition) is 3. The van der Waals surface area contributed by atoms with Crippen LogP contribution in [0.25, 0.3) is 0 Å². The fourth-order valence-electron chi connectivity index (χ4n) is 1.65. The van der Waals surface area contributed by atoms with Crippen molar-refractivity contribution in [3.63, 3.8) is 0 Å². The monoisotopic (exact) mass is 294 g/mol. The number of methoxy groups -OCH3 is 1. The smallest absolute Gasteiger partial charge is 0.339 e. The topological polar surface area (TPSA) is 91.4 Å². The normalized spacial score (nSPS) is 10.1. The van der Waals surface area contributed by atoms with Crippen molar-refractivity contribution in [1.29, 1.82) is 0 Å². The van der Waals surface area contributed by atoms with Crippen LogP contribution in [0.1, 0.15) is 20.8 Å². The van der Waals surface area contributed by atoms with Crippen LogP contribution in [0.2, 0.25) is 5.02 Å². The lowest BCUT2D eigenvalue weighted by molar-refractivity contribution is 0.0693. The van der Waals surface area contributed by atoms with Gasteiger partial charge in [0.25, 0.3) is 5.91 Å². The largest absolute Gasteiger partial charge is 0.496 e. The van der Waals surface area contributed by atoms with Gasteiger partial charge in [0.05, 0.1) is 17.8 Å². The number of aromatic nitrogens is 1. The minimum Gasteiger partial charge on any atom is -0.496 e. The second kappa shape index (κ2) is 5.66. The molecule has 0 aliphatic rings. The van der Waals surface area contributed by atoms with Crippen molar-refractivity contribution in [3.8, 4) is 5.75 Å². The van der Waals surface area contributed by atoms with Gasteiger partial charge in [-0.3, -0.25) is 4.79 Å². The van der Waals surface area contributed by atoms with Gasteiger partial charge in [-0.15, -0.1) is 0 Å². The number of aromatic amines is 1. The average molecular weight is 295 g/mol. The van der Waals surface area contributed by atoms with E-state index in [2.05, 4.69) is 10.3 Å². The van der Waals surface area contributed by atoms with E-state index in [9.17, 15) is 9.59 Å². The minimum atomic E-state index is -1.16. The molecule has 6 nitrogen and oxygen atoms in total. The molecule has 3 N–H and O–H groups in total. The summed E-state index contributed by atoms with van der Waals surface area (Å²) in [5.74, 6) is -1.43. The van der Waals surface area contributed by atoms with Crippen LogP contribution in [0, 0.1) is 0 Å². The average Bonchev–Trinajstić information content (AvgIpc) is 2.94. The minimum absolute atomic E-state index is 0.0737. The maximum Gasteiger partial charge on any atom is 0.339 e. The van der Waals surface area contributed by atoms with E-state index in [-0.39, 0.29) is 27.9 Å². The van der Waals surface area contributed by atoms with Crippen LogP contribution in [0.15, 0.2) is 30.5 Å². The quantitative estimate of drug-likeness (QED) is 0.808. The van der Waals surface area contributed by atoms with Crippen LogP contribution in [0.4, 0.5) is 5.69 Å². The first-order valence-electron chi connectivity index (χ1n) is 5.58. The van der Waals surface area contributed by atoms with Gasteiger partial charge < -0.3 is 20.1 Å². The first kappa shape index (κ1) is 14.0. The molecule has 1 heterocycles. The molecule has 1 aromatic carbocycles. The Morgan fingerprint density at radius 1 is 1.40 bits per heavy atom. The number of halogens is 1. The summed E-state index contributed by atoms with van der Waals surface area (Å²) in [6.07, 6.45) is 1.62. The number of anilines is 1. The molecule has 1 aromatic heterocycles. The number of benzene rings is 1. The summed E-state index contributed by atoms with van der Waals surface area (Å²) in [6.45, 7) is 0. The summed E-state index contributed by atoms with van der Waals surface area (Å²) in [7, 11) is 1.34. The van der Waals surface area contributed by atoms with Gasteiger partial charge in [-0.2, -0.15) is 0 Å². The van der Waals surface area contributed by atoms with Gasteiger partial charge in [-0.25, -0.2) is 4.79 Å². The van der Waals surface area contributed by atoms with Crippen LogP contribution in [0.3, 0.4) is 0 Å². The zero-order chi connectivity index (χ0) is 14.7. The van der Waals surface area contributed by atoms with Crippen LogP contribution >= 0.6 is 11.6 Å². The van der Waals surface area contributed by atoms with Gasteiger partial charge in [-0.1, -0.05) is 11.6 Å². The first-order chi connectivity index (χ1) is 9.52. The summed E-state index contributed by atoms with van der Waals surface area (Å²) >= 11 is 5.96. The molecule has 0 atom stereocenters. The highest BCUT2D eigenvalue weighted by molar-refractivity contribution is 6.34. The van der Waals surface area contributed by atoms with Crippen molar-refractivity contribution in [2.24, 2.45) is 0 Å². The van der Waals surface area contributed by atoms with Crippen LogP contribution in [-0.4, -0.2) is 29.1 Å². The van der Waals surface area contributed by atoms with Crippen LogP contribution in [0.5, 0.6) is 5.75 Å². The lowest BCUT2D eigenvalue weighted by Crippen LogP contribution is -2.13. The van der Waals surface area contributed by atoms with E-state index in [1.165, 1.54) is 19.2 Å². The molecule has 0 radical (unpaired) electrons. The Morgan fingerprint density at radius 3 is 2.70 bits per heavy atom. The Balaban J connectivity index is 2.33. The van der Waals surface area contributed by atoms with Crippen molar-refractivity contribution in [1.82, 2.24) is 4.98 Å². The number of rotatable bonds is 4. The zero-order valence-corrected chi connectivity index (χ0v) is 11.2. The molecule has 0 saturated heterocycles. The molecule has 0 aliphatic carbocycles. The first-order valence-corrected chi connectivity index (χ1v) is 5.96. The van der Waals surface area contributed by atoms with E-state index in [4.69, 9.17) is 21.4 Å². The van der Waals surface area contributed by atoms with Crippen molar-refractivity contribution in [2.45, 2.75) is 0 Å². The Labute approximate surface area is 119 Å². The molecule has 20 heavy (non-hydrogen) atoms. The van der Waals surface area contributed by atoms with Crippen molar-refractivity contribution in [2.75, 3.05) is 12.4 Å². The van der Waals surface area contributed by atoms with Gasteiger partial charge in [0.1, 0.15) is 17.0 Å². The number of hydrogen-bond donors (Lipinski definition) is 3. The Hall–Kier alpha value is -2.47. The van der Waals surface area contributed by atoms with E-state index < -0.39 is 5.97 Å². The van der Waals surface area contributed by atoms with Crippen molar-refractivity contribution < 1.29 is 19.4 Å². The number of aromatic carboxylic acids is 1. The number of carboxylic acid groups (broad SMARTS) is 1. The van der Waals surface area contributed by atoms with E-state index in [1.54, 1.807) is 18.3 Å². The van der Waals surface area contributed by atoms with Gasteiger partial charge in [0.15, 0.2) is 0 Å². The summed E-state index contributed by atoms with van der Waals surface area (Å²) in [5.41, 5.74) is 0.561. The van der Waals surface area contributed by atoms with Gasteiger partial charge >= 0.3 is 5.97 Å². The highest BCUT2D eigenvalue weighted by Crippen LogP contribution is 2.31. The summed E-state index contributed by atoms with van der Waals surface area (Å²) in [6, 6.07) is 5.89. The molecule has 2 aromatic rings. The number of nitrogens with one attached hydrogen (secondary N) is 2. The molecule has 0 unspecified atom stereocenters. The summed E-state index contributed by atoms with van der Waals surface area (Å²) in [5, 5.41) is 11.7. The predicted octanol–water partition coefficient (Wildman–Crippen LogP) is 2.63. The van der Waals surface area contributed by atoms with E-state index >= 15 is 0 Å². The SMILES string of the molecule is COc1cc(NC(=O)c2ccc[nH]2)c(Cl)cc1C(=O)O. The van der Waals surface area contributed by atoms with Gasteiger partial charge in [0.2, 0.25) is 0 Å². The molecule has 0 fully saturated rings. The third-order valence-corrected chi connectivity index (χ3v) is 2.92. The molecule has 0 saturated carbocycles. The van der Waals surface area contributed by atoms with E-state index in [0.29, 0.717) is 5.69 Å². The van der Waals surface area contributed by atoms with E-state index in [0.717, 1.165) is 0 Å². The lowest BCUT2D eigenvalue weighted by Gasteiger charge is -2.11. The number of ether oxygens (including phenoxy) is 1. The number of carboxylic acids is 1. The summed E-state index contributed by atoms with van der Waals surface area (Å²) in [4.78, 5) is 25.7. The molecule has 0 spiro atoms. The lowest BCUT2D eigenvalue weighted by atomic mass is 10.1. The molecular formula is C13H11ClN2O4. The van der Waals surface area contributed by atoms with Gasteiger partial charge in [-0.05, 0) is 18.2 Å². The third-order valence-electron chi connectivity index (χ3n) is 2.61. The number of H-pyrrole nitrogens is 1. The Kier molecular flexibility index (Phi) is 3.95. The van der Waals surface area contributed by atoms with Crippen molar-refractivity contribution >= 4 is 29.2 Å². The zero-order valence-electron chi connectivity index (χ0n) is 10.4. The standard InChI is InChI=1S/C13H11ClN2O4/c1-20-11-6-10(8(14)5-7(11)13(18)19)16-12(17)9-3-2-4-15-9/h2-6,15H,1H3,(H,16,17)(H,18,19). The highest BCUT2D eigenvalue weighted by Gasteiger charge is 2.16. The van der Waals surface area contributed by atoms with E-state index in [1.807, 2.05) is 0 Å².